The summed E-state index contributed by atoms with van der Waals surface area (Å²) in [6.07, 6.45) is 4.84. The van der Waals surface area contributed by atoms with Crippen LogP contribution < -0.4 is 11.1 Å². The van der Waals surface area contributed by atoms with Crippen molar-refractivity contribution in [3.63, 3.8) is 0 Å². The van der Waals surface area contributed by atoms with E-state index < -0.39 is 0 Å². The van der Waals surface area contributed by atoms with Crippen LogP contribution in [0.25, 0.3) is 21.9 Å². The number of carbonyl (C=O) groups is 1. The average Bonchev–Trinajstić information content (AvgIpc) is 3.21. The molecule has 7 nitrogen and oxygen atoms in total. The molecule has 4 rings (SSSR count). The predicted octanol–water partition coefficient (Wildman–Crippen LogP) is 2.51. The molecule has 4 aromatic rings. The molecule has 0 aliphatic rings. The molecule has 0 aliphatic heterocycles. The Morgan fingerprint density at radius 1 is 1.07 bits per heavy atom. The van der Waals surface area contributed by atoms with Crippen LogP contribution in [0, 0.1) is 0 Å². The minimum absolute atomic E-state index is 0.117. The van der Waals surface area contributed by atoms with Crippen molar-refractivity contribution in [2.75, 3.05) is 12.3 Å². The molecular weight excluding hydrogens is 340 g/mol. The molecular formula is C20H18N6O. The number of anilines is 1. The van der Waals surface area contributed by atoms with Gasteiger partial charge in [0.1, 0.15) is 18.5 Å². The second-order valence-corrected chi connectivity index (χ2v) is 6.09. The fraction of sp³-hybridized carbons (Fsp3) is 0.100. The minimum atomic E-state index is -0.117. The fourth-order valence-electron chi connectivity index (χ4n) is 3.05. The van der Waals surface area contributed by atoms with Crippen molar-refractivity contribution in [1.82, 2.24) is 25.1 Å². The van der Waals surface area contributed by atoms with E-state index in [0.717, 1.165) is 21.9 Å². The summed E-state index contributed by atoms with van der Waals surface area (Å²) in [6, 6.07) is 15.4. The summed E-state index contributed by atoms with van der Waals surface area (Å²) >= 11 is 0. The van der Waals surface area contributed by atoms with Gasteiger partial charge in [-0.05, 0) is 34.5 Å². The summed E-state index contributed by atoms with van der Waals surface area (Å²) in [5.74, 6) is 0.361. The zero-order valence-corrected chi connectivity index (χ0v) is 14.5. The van der Waals surface area contributed by atoms with Gasteiger partial charge in [-0.25, -0.2) is 9.97 Å². The highest BCUT2D eigenvalue weighted by Crippen LogP contribution is 2.30. The van der Waals surface area contributed by atoms with E-state index in [1.165, 1.54) is 6.33 Å². The molecule has 3 N–H and O–H groups in total. The molecule has 27 heavy (non-hydrogen) atoms. The van der Waals surface area contributed by atoms with Crippen molar-refractivity contribution in [3.05, 3.63) is 72.9 Å². The van der Waals surface area contributed by atoms with Crippen LogP contribution in [0.15, 0.2) is 67.4 Å². The van der Waals surface area contributed by atoms with Gasteiger partial charge in [-0.1, -0.05) is 30.3 Å². The highest BCUT2D eigenvalue weighted by Gasteiger charge is 2.12. The smallest absolute Gasteiger partial charge is 0.251 e. The average molecular weight is 358 g/mol. The van der Waals surface area contributed by atoms with Gasteiger partial charge in [0, 0.05) is 23.9 Å². The number of nitrogens with two attached hydrogens (primary N) is 1. The Morgan fingerprint density at radius 2 is 1.93 bits per heavy atom. The van der Waals surface area contributed by atoms with Gasteiger partial charge in [-0.3, -0.25) is 9.48 Å². The van der Waals surface area contributed by atoms with Crippen molar-refractivity contribution >= 4 is 22.5 Å². The second-order valence-electron chi connectivity index (χ2n) is 6.09. The summed E-state index contributed by atoms with van der Waals surface area (Å²) in [5, 5.41) is 8.85. The second kappa shape index (κ2) is 7.25. The van der Waals surface area contributed by atoms with Crippen molar-refractivity contribution in [2.45, 2.75) is 6.54 Å². The molecule has 0 saturated heterocycles. The van der Waals surface area contributed by atoms with Gasteiger partial charge in [0.05, 0.1) is 6.54 Å². The molecule has 0 saturated carbocycles. The number of benzene rings is 2. The Kier molecular flexibility index (Phi) is 4.49. The van der Waals surface area contributed by atoms with Crippen LogP contribution in [0.4, 0.5) is 5.82 Å². The number of hydrogen-bond donors (Lipinski definition) is 2. The highest BCUT2D eigenvalue weighted by molar-refractivity contribution is 6.10. The predicted molar refractivity (Wildman–Crippen MR) is 104 cm³/mol. The van der Waals surface area contributed by atoms with Crippen LogP contribution in [-0.4, -0.2) is 32.2 Å². The highest BCUT2D eigenvalue weighted by atomic mass is 16.1. The number of nitrogen functional groups attached to an aromatic ring is 1. The number of rotatable bonds is 5. The molecule has 2 aromatic heterocycles. The van der Waals surface area contributed by atoms with Gasteiger partial charge >= 0.3 is 0 Å². The first-order chi connectivity index (χ1) is 13.2. The summed E-state index contributed by atoms with van der Waals surface area (Å²) < 4.78 is 1.68. The Bertz CT molecular complexity index is 1070. The number of nitrogens with one attached hydrogen (secondary N) is 1. The maximum atomic E-state index is 12.7. The van der Waals surface area contributed by atoms with E-state index in [0.29, 0.717) is 24.5 Å². The van der Waals surface area contributed by atoms with Crippen molar-refractivity contribution in [2.24, 2.45) is 0 Å². The SMILES string of the molecule is Nc1ccc(-c2cccc3c(C(=O)NCCn4cncn4)cccc23)cn1. The lowest BCUT2D eigenvalue weighted by Crippen LogP contribution is -2.27. The number of aromatic nitrogens is 4. The lowest BCUT2D eigenvalue weighted by molar-refractivity contribution is 0.0953. The Hall–Kier alpha value is -3.74. The number of amides is 1. The summed E-state index contributed by atoms with van der Waals surface area (Å²) in [4.78, 5) is 20.8. The van der Waals surface area contributed by atoms with Crippen LogP contribution >= 0.6 is 0 Å². The van der Waals surface area contributed by atoms with Gasteiger partial charge in [0.25, 0.3) is 5.91 Å². The molecule has 0 atom stereocenters. The van der Waals surface area contributed by atoms with E-state index in [4.69, 9.17) is 5.73 Å². The summed E-state index contributed by atoms with van der Waals surface area (Å²) in [7, 11) is 0. The molecule has 0 aliphatic carbocycles. The lowest BCUT2D eigenvalue weighted by Gasteiger charge is -2.11. The van der Waals surface area contributed by atoms with Crippen molar-refractivity contribution in [3.8, 4) is 11.1 Å². The van der Waals surface area contributed by atoms with E-state index in [1.54, 1.807) is 23.3 Å². The van der Waals surface area contributed by atoms with Gasteiger partial charge in [-0.2, -0.15) is 5.10 Å². The first-order valence-electron chi connectivity index (χ1n) is 8.56. The van der Waals surface area contributed by atoms with Gasteiger partial charge in [0.2, 0.25) is 0 Å². The third-order valence-electron chi connectivity index (χ3n) is 4.36. The molecule has 0 fully saturated rings. The zero-order valence-electron chi connectivity index (χ0n) is 14.5. The number of pyridine rings is 1. The normalized spacial score (nSPS) is 10.8. The lowest BCUT2D eigenvalue weighted by atomic mass is 9.96. The third-order valence-corrected chi connectivity index (χ3v) is 4.36. The van der Waals surface area contributed by atoms with Gasteiger partial charge < -0.3 is 11.1 Å². The Labute approximate surface area is 155 Å². The monoisotopic (exact) mass is 358 g/mol. The van der Waals surface area contributed by atoms with Crippen LogP contribution in [0.1, 0.15) is 10.4 Å². The molecule has 0 spiro atoms. The molecule has 7 heteroatoms. The van der Waals surface area contributed by atoms with Crippen LogP contribution in [-0.2, 0) is 6.54 Å². The third kappa shape index (κ3) is 3.48. The molecule has 134 valence electrons. The maximum absolute atomic E-state index is 12.7. The first-order valence-corrected chi connectivity index (χ1v) is 8.56. The number of carbonyl (C=O) groups excluding carboxylic acids is 1. The molecule has 1 amide bonds. The van der Waals surface area contributed by atoms with Crippen LogP contribution in [0.2, 0.25) is 0 Å². The van der Waals surface area contributed by atoms with Crippen LogP contribution in [0.3, 0.4) is 0 Å². The van der Waals surface area contributed by atoms with Crippen molar-refractivity contribution < 1.29 is 4.79 Å². The molecule has 2 aromatic carbocycles. The molecule has 0 radical (unpaired) electrons. The topological polar surface area (TPSA) is 98.7 Å². The summed E-state index contributed by atoms with van der Waals surface area (Å²) in [6.45, 7) is 1.04. The zero-order chi connectivity index (χ0) is 18.6. The first kappa shape index (κ1) is 16.7. The van der Waals surface area contributed by atoms with E-state index in [-0.39, 0.29) is 5.91 Å². The van der Waals surface area contributed by atoms with E-state index in [1.807, 2.05) is 42.5 Å². The Balaban J connectivity index is 1.63. The van der Waals surface area contributed by atoms with E-state index >= 15 is 0 Å². The quantitative estimate of drug-likeness (QED) is 0.571. The fourth-order valence-corrected chi connectivity index (χ4v) is 3.05. The number of fused-ring (bicyclic) bond motifs is 1. The molecule has 0 bridgehead atoms. The maximum Gasteiger partial charge on any atom is 0.251 e. The number of nitrogens with zero attached hydrogens (tertiary/aromatic N) is 4. The molecule has 0 unspecified atom stereocenters. The largest absolute Gasteiger partial charge is 0.384 e. The number of hydrogen-bond acceptors (Lipinski definition) is 5. The van der Waals surface area contributed by atoms with E-state index in [9.17, 15) is 4.79 Å². The molecule has 2 heterocycles. The van der Waals surface area contributed by atoms with Crippen LogP contribution in [0.5, 0.6) is 0 Å². The van der Waals surface area contributed by atoms with Gasteiger partial charge in [-0.15, -0.1) is 0 Å². The van der Waals surface area contributed by atoms with Gasteiger partial charge in [0.15, 0.2) is 0 Å². The minimum Gasteiger partial charge on any atom is -0.384 e. The van der Waals surface area contributed by atoms with E-state index in [2.05, 4.69) is 20.4 Å². The summed E-state index contributed by atoms with van der Waals surface area (Å²) in [5.41, 5.74) is 8.29. The Morgan fingerprint density at radius 3 is 2.70 bits per heavy atom. The van der Waals surface area contributed by atoms with Crippen molar-refractivity contribution in [1.29, 1.82) is 0 Å². The standard InChI is InChI=1S/C20H18N6O/c21-19-8-7-14(11-24-19)15-3-1-5-17-16(15)4-2-6-18(17)20(27)23-9-10-26-13-22-12-25-26/h1-8,11-13H,9-10H2,(H2,21,24)(H,23,27).